The summed E-state index contributed by atoms with van der Waals surface area (Å²) in [5.41, 5.74) is 7.31. The van der Waals surface area contributed by atoms with Gasteiger partial charge in [-0.3, -0.25) is 0 Å². The van der Waals surface area contributed by atoms with E-state index in [4.69, 9.17) is 19.9 Å². The Kier molecular flexibility index (Phi) is 3.48. The molecule has 5 rings (SSSR count). The second-order valence-electron chi connectivity index (χ2n) is 6.53. The molecule has 0 saturated heterocycles. The lowest BCUT2D eigenvalue weighted by atomic mass is 9.80. The Morgan fingerprint density at radius 1 is 1.11 bits per heavy atom. The quantitative estimate of drug-likeness (QED) is 0.737. The standard InChI is InChI=1S/C20H15FN4O3/c1-26-13-2-3-17-14(6-13)20(9-27-19(22)25-20)15-4-11(5-16(21)18(15)28-17)12-7-23-10-24-8-12/h2-8,10H,9H2,1H3,(H2,22,25)/t20-/m0/s1. The van der Waals surface area contributed by atoms with Crippen LogP contribution in [0.4, 0.5) is 4.39 Å². The van der Waals surface area contributed by atoms with E-state index in [1.807, 2.05) is 6.07 Å². The molecule has 0 saturated carbocycles. The summed E-state index contributed by atoms with van der Waals surface area (Å²) in [6.07, 6.45) is 4.65. The van der Waals surface area contributed by atoms with Crippen LogP contribution in [0.2, 0.25) is 0 Å². The Labute approximate surface area is 159 Å². The fraction of sp³-hybridized carbons (Fsp3) is 0.150. The van der Waals surface area contributed by atoms with E-state index < -0.39 is 11.4 Å². The zero-order chi connectivity index (χ0) is 19.3. The first-order valence-electron chi connectivity index (χ1n) is 8.54. The van der Waals surface area contributed by atoms with Crippen molar-refractivity contribution in [3.63, 3.8) is 0 Å². The Hall–Kier alpha value is -3.68. The highest BCUT2D eigenvalue weighted by Crippen LogP contribution is 2.53. The van der Waals surface area contributed by atoms with Gasteiger partial charge >= 0.3 is 0 Å². The number of ether oxygens (including phenoxy) is 3. The van der Waals surface area contributed by atoms with Gasteiger partial charge in [0.1, 0.15) is 24.4 Å². The molecule has 3 aromatic rings. The average Bonchev–Trinajstić information content (AvgIpc) is 3.11. The summed E-state index contributed by atoms with van der Waals surface area (Å²) in [5, 5.41) is 0. The molecule has 0 bridgehead atoms. The highest BCUT2D eigenvalue weighted by molar-refractivity contribution is 5.78. The van der Waals surface area contributed by atoms with Crippen LogP contribution in [0, 0.1) is 5.82 Å². The van der Waals surface area contributed by atoms with Crippen molar-refractivity contribution in [1.82, 2.24) is 9.97 Å². The smallest absolute Gasteiger partial charge is 0.283 e. The number of aliphatic imine (C=N–C) groups is 1. The van der Waals surface area contributed by atoms with Crippen LogP contribution in [0.3, 0.4) is 0 Å². The van der Waals surface area contributed by atoms with Crippen molar-refractivity contribution in [2.45, 2.75) is 5.54 Å². The first kappa shape index (κ1) is 16.5. The maximum atomic E-state index is 15.1. The number of hydrogen-bond acceptors (Lipinski definition) is 7. The van der Waals surface area contributed by atoms with E-state index in [1.165, 1.54) is 12.4 Å². The third kappa shape index (κ3) is 2.31. The molecule has 2 aromatic carbocycles. The molecule has 3 heterocycles. The minimum absolute atomic E-state index is 0.0375. The summed E-state index contributed by atoms with van der Waals surface area (Å²) >= 11 is 0. The van der Waals surface area contributed by atoms with E-state index in [2.05, 4.69) is 15.0 Å². The van der Waals surface area contributed by atoms with Gasteiger partial charge in [-0.2, -0.15) is 0 Å². The van der Waals surface area contributed by atoms with Crippen molar-refractivity contribution in [2.75, 3.05) is 13.7 Å². The van der Waals surface area contributed by atoms with Gasteiger partial charge in [0.15, 0.2) is 17.1 Å². The summed E-state index contributed by atoms with van der Waals surface area (Å²) in [7, 11) is 1.57. The SMILES string of the molecule is COc1ccc2c(c1)[C@@]1(COC(N)=N1)c1cc(-c3cncnc3)cc(F)c1O2. The molecule has 0 amide bonds. The molecule has 0 fully saturated rings. The second kappa shape index (κ2) is 5.91. The number of nitrogens with zero attached hydrogens (tertiary/aromatic N) is 3. The average molecular weight is 378 g/mol. The number of benzene rings is 2. The molecule has 2 aliphatic heterocycles. The van der Waals surface area contributed by atoms with Crippen molar-refractivity contribution in [2.24, 2.45) is 10.7 Å². The number of methoxy groups -OCH3 is 1. The third-order valence-corrected chi connectivity index (χ3v) is 4.96. The van der Waals surface area contributed by atoms with Crippen molar-refractivity contribution in [1.29, 1.82) is 0 Å². The summed E-state index contributed by atoms with van der Waals surface area (Å²) < 4.78 is 31.8. The van der Waals surface area contributed by atoms with E-state index in [0.717, 1.165) is 0 Å². The minimum Gasteiger partial charge on any atom is -0.497 e. The van der Waals surface area contributed by atoms with Gasteiger partial charge in [0.25, 0.3) is 6.02 Å². The molecule has 1 spiro atoms. The van der Waals surface area contributed by atoms with Crippen molar-refractivity contribution in [3.8, 4) is 28.4 Å². The van der Waals surface area contributed by atoms with Crippen LogP contribution in [-0.2, 0) is 10.3 Å². The van der Waals surface area contributed by atoms with Gasteiger partial charge in [-0.25, -0.2) is 19.4 Å². The van der Waals surface area contributed by atoms with Crippen LogP contribution >= 0.6 is 0 Å². The normalized spacial score (nSPS) is 19.3. The molecule has 1 atom stereocenters. The van der Waals surface area contributed by atoms with Crippen LogP contribution < -0.4 is 15.2 Å². The van der Waals surface area contributed by atoms with Crippen LogP contribution in [0.15, 0.2) is 54.0 Å². The number of halogens is 1. The molecule has 2 aliphatic rings. The fourth-order valence-electron chi connectivity index (χ4n) is 3.63. The maximum Gasteiger partial charge on any atom is 0.283 e. The molecule has 7 nitrogen and oxygen atoms in total. The molecular formula is C20H15FN4O3. The van der Waals surface area contributed by atoms with Crippen LogP contribution in [0.1, 0.15) is 11.1 Å². The minimum atomic E-state index is -1.03. The Morgan fingerprint density at radius 3 is 2.64 bits per heavy atom. The van der Waals surface area contributed by atoms with Gasteiger partial charge in [0.05, 0.1) is 7.11 Å². The molecular weight excluding hydrogens is 363 g/mol. The van der Waals surface area contributed by atoms with Gasteiger partial charge in [-0.1, -0.05) is 0 Å². The molecule has 0 radical (unpaired) electrons. The maximum absolute atomic E-state index is 15.1. The molecule has 2 N–H and O–H groups in total. The fourth-order valence-corrected chi connectivity index (χ4v) is 3.63. The zero-order valence-corrected chi connectivity index (χ0v) is 14.8. The van der Waals surface area contributed by atoms with Crippen LogP contribution in [0.5, 0.6) is 17.2 Å². The predicted octanol–water partition coefficient (Wildman–Crippen LogP) is 2.99. The lowest BCUT2D eigenvalue weighted by Crippen LogP contribution is -2.31. The lowest BCUT2D eigenvalue weighted by molar-refractivity contribution is 0.261. The first-order valence-corrected chi connectivity index (χ1v) is 8.54. The molecule has 8 heteroatoms. The first-order chi connectivity index (χ1) is 13.6. The molecule has 1 aromatic heterocycles. The van der Waals surface area contributed by atoms with Crippen LogP contribution in [-0.4, -0.2) is 29.7 Å². The number of rotatable bonds is 2. The number of fused-ring (bicyclic) bond motifs is 4. The van der Waals surface area contributed by atoms with Crippen molar-refractivity contribution in [3.05, 3.63) is 66.0 Å². The topological polar surface area (TPSA) is 91.9 Å². The van der Waals surface area contributed by atoms with E-state index in [1.54, 1.807) is 37.7 Å². The molecule has 0 aliphatic carbocycles. The number of nitrogens with two attached hydrogens (primary N) is 1. The Bertz CT molecular complexity index is 1120. The summed E-state index contributed by atoms with van der Waals surface area (Å²) in [4.78, 5) is 12.6. The largest absolute Gasteiger partial charge is 0.497 e. The highest BCUT2D eigenvalue weighted by Gasteiger charge is 2.48. The summed E-state index contributed by atoms with van der Waals surface area (Å²) in [5.74, 6) is 0.683. The summed E-state index contributed by atoms with van der Waals surface area (Å²) in [6, 6.07) is 8.51. The summed E-state index contributed by atoms with van der Waals surface area (Å²) in [6.45, 7) is 0.129. The van der Waals surface area contributed by atoms with E-state index in [-0.39, 0.29) is 18.4 Å². The van der Waals surface area contributed by atoms with E-state index >= 15 is 4.39 Å². The number of amidine groups is 1. The van der Waals surface area contributed by atoms with Gasteiger partial charge in [0, 0.05) is 29.1 Å². The predicted molar refractivity (Wildman–Crippen MR) is 98.8 cm³/mol. The van der Waals surface area contributed by atoms with Gasteiger partial charge in [-0.05, 0) is 35.9 Å². The van der Waals surface area contributed by atoms with Crippen molar-refractivity contribution < 1.29 is 18.6 Å². The van der Waals surface area contributed by atoms with Crippen LogP contribution in [0.25, 0.3) is 11.1 Å². The molecule has 140 valence electrons. The highest BCUT2D eigenvalue weighted by atomic mass is 19.1. The van der Waals surface area contributed by atoms with E-state index in [9.17, 15) is 0 Å². The molecule has 28 heavy (non-hydrogen) atoms. The molecule has 0 unspecified atom stereocenters. The van der Waals surface area contributed by atoms with Gasteiger partial charge in [0.2, 0.25) is 0 Å². The van der Waals surface area contributed by atoms with Gasteiger partial charge < -0.3 is 19.9 Å². The Morgan fingerprint density at radius 2 is 1.93 bits per heavy atom. The Balaban J connectivity index is 1.79. The zero-order valence-electron chi connectivity index (χ0n) is 14.8. The van der Waals surface area contributed by atoms with Crippen molar-refractivity contribution >= 4 is 6.02 Å². The monoisotopic (exact) mass is 378 g/mol. The number of hydrogen-bond donors (Lipinski definition) is 1. The third-order valence-electron chi connectivity index (χ3n) is 4.96. The van der Waals surface area contributed by atoms with E-state index in [0.29, 0.717) is 33.8 Å². The number of aromatic nitrogens is 2. The van der Waals surface area contributed by atoms with Gasteiger partial charge in [-0.15, -0.1) is 0 Å². The lowest BCUT2D eigenvalue weighted by Gasteiger charge is -2.34. The second-order valence-corrected chi connectivity index (χ2v) is 6.53.